The van der Waals surface area contributed by atoms with Gasteiger partial charge in [-0.3, -0.25) is 0 Å². The first kappa shape index (κ1) is 44.4. The number of hydrogen-bond donors (Lipinski definition) is 0. The third-order valence-electron chi connectivity index (χ3n) is 18.8. The van der Waals surface area contributed by atoms with Gasteiger partial charge in [-0.1, -0.05) is 0 Å². The first-order valence-electron chi connectivity index (χ1n) is 38.4. The van der Waals surface area contributed by atoms with Crippen molar-refractivity contribution in [3.05, 3.63) is 270 Å². The molecule has 94 heavy (non-hydrogen) atoms. The Kier molecular flexibility index (Phi) is 10.00. The number of nitrogens with zero attached hydrogens (tertiary/aromatic N) is 5. The quantitative estimate of drug-likeness (QED) is 0.123. The van der Waals surface area contributed by atoms with Gasteiger partial charge in [0, 0.05) is 0 Å². The van der Waals surface area contributed by atoms with Crippen molar-refractivity contribution < 1.29 is 19.2 Å². The Morgan fingerprint density at radius 1 is 0.500 bits per heavy atom. The third-order valence-corrected chi connectivity index (χ3v) is 22.4. The molecule has 0 fully saturated rings. The Morgan fingerprint density at radius 2 is 1.09 bits per heavy atom. The molecule has 0 amide bonds. The van der Waals surface area contributed by atoms with Gasteiger partial charge in [0.2, 0.25) is 0 Å². The van der Waals surface area contributed by atoms with Crippen LogP contribution in [0.3, 0.4) is 0 Å². The van der Waals surface area contributed by atoms with Crippen LogP contribution in [-0.4, -0.2) is 30.8 Å². The van der Waals surface area contributed by atoms with Crippen LogP contribution in [0, 0.1) is 17.9 Å². The van der Waals surface area contributed by atoms with Crippen molar-refractivity contribution in [2.75, 3.05) is 4.90 Å². The third kappa shape index (κ3) is 9.07. The van der Waals surface area contributed by atoms with Gasteiger partial charge >= 0.3 is 570 Å². The molecule has 0 saturated carbocycles. The number of thiophene rings is 1. The SMILES string of the molecule is [2H]c1c([2H])c([2H])c2c(c1[2H])c1c([2H])c(C#N)c([2H])c([2H])c1n2-c1ccc2c(c1)N(c1c(-c3cccc(C(C)(C)C)c3)cc(C(C)(C)C)cc1-c1cccc(C(C)(C)C)c1)c1cc(-n3c4c([2H])c([2H])c([2H])c([2H])c4c4c([2H])c([N+]#[C-])c([2H])c([2H])c43)cc3c1B2c1ccc2sc4ccc(-c5ccccc5)cc4c2c1[Se]3. The predicted molar refractivity (Wildman–Crippen MR) is 402 cm³/mol. The van der Waals surface area contributed by atoms with Crippen molar-refractivity contribution >= 4 is 145 Å². The maximum absolute atomic E-state index is 10.6. The van der Waals surface area contributed by atoms with Crippen molar-refractivity contribution in [2.24, 2.45) is 0 Å². The van der Waals surface area contributed by atoms with Gasteiger partial charge in [0.25, 0.3) is 0 Å². The Hall–Kier alpha value is -10.2. The average molecular weight is 1310 g/mol. The van der Waals surface area contributed by atoms with Gasteiger partial charge in [-0.15, -0.1) is 0 Å². The molecule has 15 aromatic rings. The summed E-state index contributed by atoms with van der Waals surface area (Å²) in [6.07, 6.45) is 0. The van der Waals surface area contributed by atoms with Gasteiger partial charge < -0.3 is 0 Å². The van der Waals surface area contributed by atoms with Crippen molar-refractivity contribution in [1.29, 1.82) is 5.26 Å². The minimum absolute atomic E-state index is 0.0604. The molecule has 8 heteroatoms. The van der Waals surface area contributed by atoms with Crippen molar-refractivity contribution in [1.82, 2.24) is 9.13 Å². The van der Waals surface area contributed by atoms with Crippen LogP contribution in [0.25, 0.3) is 113 Å². The van der Waals surface area contributed by atoms with Crippen LogP contribution >= 0.6 is 11.3 Å². The van der Waals surface area contributed by atoms with Gasteiger partial charge in [-0.05, 0) is 0 Å². The van der Waals surface area contributed by atoms with Crippen molar-refractivity contribution in [3.63, 3.8) is 0 Å². The molecule has 0 spiro atoms. The zero-order valence-corrected chi connectivity index (χ0v) is 55.6. The van der Waals surface area contributed by atoms with Gasteiger partial charge in [-0.2, -0.15) is 5.26 Å². The van der Waals surface area contributed by atoms with E-state index in [4.69, 9.17) is 9.31 Å². The molecule has 17 rings (SSSR count). The standard InChI is InChI=1S/C86H66BN5SSe/c1-84(2,3)56-24-18-22-54(41-56)64-44-58(86(7,8)9)45-65(55-23-19-25-57(42-55)85(4,5)6)82(64)92-75-47-60(90-71-28-16-14-26-62(71)66-40-51(50-88)30-36-73(66)90)33-34-69(75)87-70-35-39-78-80(68-43-53(31-38-77(68)93-78)52-20-12-11-13-21-52)83(70)94-79-49-61(48-76(92)81(79)87)91-72-29-17-15-27-63(72)67-46-59(89-10)32-37-74(67)91/h11-49H,1-9H3/i14D,15D,16D,17D,26D,27D,28D,29D,30D,32D,36D,37D,40D,46D. The van der Waals surface area contributed by atoms with E-state index in [1.807, 2.05) is 54.6 Å². The summed E-state index contributed by atoms with van der Waals surface area (Å²) in [6, 6.07) is 47.5. The van der Waals surface area contributed by atoms with E-state index in [9.17, 15) is 21.7 Å². The Morgan fingerprint density at radius 3 is 1.73 bits per heavy atom. The molecule has 0 atom stereocenters. The van der Waals surface area contributed by atoms with Crippen LogP contribution in [0.5, 0.6) is 0 Å². The summed E-state index contributed by atoms with van der Waals surface area (Å²) in [6.45, 7) is 27.3. The molecule has 5 nitrogen and oxygen atoms in total. The van der Waals surface area contributed by atoms with E-state index >= 15 is 0 Å². The van der Waals surface area contributed by atoms with E-state index in [2.05, 4.69) is 175 Å². The van der Waals surface area contributed by atoms with Crippen LogP contribution < -0.4 is 30.2 Å². The Balaban J connectivity index is 1.12. The summed E-state index contributed by atoms with van der Waals surface area (Å²) in [5.41, 5.74) is 11.4. The van der Waals surface area contributed by atoms with E-state index in [1.165, 1.54) is 0 Å². The van der Waals surface area contributed by atoms with Crippen LogP contribution in [0.15, 0.2) is 236 Å². The summed E-state index contributed by atoms with van der Waals surface area (Å²) in [5, 5.41) is 12.4. The molecule has 0 unspecified atom stereocenters. The molecule has 0 N–H and O–H groups in total. The van der Waals surface area contributed by atoms with Crippen molar-refractivity contribution in [2.45, 2.75) is 78.6 Å². The van der Waals surface area contributed by atoms with Crippen LogP contribution in [0.2, 0.25) is 0 Å². The molecule has 450 valence electrons. The van der Waals surface area contributed by atoms with Gasteiger partial charge in [0.15, 0.2) is 0 Å². The Bertz CT molecular complexity index is 6630. The van der Waals surface area contributed by atoms with E-state index < -0.39 is 123 Å². The van der Waals surface area contributed by atoms with Gasteiger partial charge in [0.05, 0.1) is 7.44 Å². The summed E-state index contributed by atoms with van der Waals surface area (Å²) < 4.78 is 141. The summed E-state index contributed by atoms with van der Waals surface area (Å²) in [7, 11) is 0. The number of hydrogen-bond acceptors (Lipinski definition) is 3. The molecule has 12 aromatic carbocycles. The Labute approximate surface area is 579 Å². The second-order valence-corrected chi connectivity index (χ2v) is 30.9. The van der Waals surface area contributed by atoms with E-state index in [0.717, 1.165) is 95.6 Å². The fourth-order valence-corrected chi connectivity index (χ4v) is 18.1. The van der Waals surface area contributed by atoms with Gasteiger partial charge in [0.1, 0.15) is 0 Å². The van der Waals surface area contributed by atoms with E-state index in [1.54, 1.807) is 20.5 Å². The van der Waals surface area contributed by atoms with Gasteiger partial charge in [-0.25, -0.2) is 0 Å². The first-order chi connectivity index (χ1) is 51.2. The fourth-order valence-electron chi connectivity index (χ4n) is 14.1. The van der Waals surface area contributed by atoms with Crippen molar-refractivity contribution in [3.8, 4) is 50.8 Å². The van der Waals surface area contributed by atoms with E-state index in [-0.39, 0.29) is 60.1 Å². The average Bonchev–Trinajstić information content (AvgIpc) is 1.41. The monoisotopic (exact) mass is 1310 g/mol. The second-order valence-electron chi connectivity index (χ2n) is 27.6. The summed E-state index contributed by atoms with van der Waals surface area (Å²) in [5.74, 6) is 0. The van der Waals surface area contributed by atoms with Crippen LogP contribution in [0.4, 0.5) is 22.7 Å². The zero-order chi connectivity index (χ0) is 76.5. The number of aromatic nitrogens is 2. The molecule has 3 aromatic heterocycles. The predicted octanol–water partition coefficient (Wildman–Crippen LogP) is 19.8. The molecule has 0 radical (unpaired) electrons. The van der Waals surface area contributed by atoms with Crippen LogP contribution in [0.1, 0.15) is 104 Å². The first-order valence-corrected chi connectivity index (χ1v) is 33.9. The molecule has 5 heterocycles. The molecular formula is C86H66BN5SSe. The minimum atomic E-state index is -0.629. The maximum atomic E-state index is 10.6. The number of nitriles is 1. The fraction of sp³-hybridized carbons (Fsp3) is 0.140. The molecular weight excluding hydrogens is 1220 g/mol. The summed E-state index contributed by atoms with van der Waals surface area (Å²) >= 11 is 1.07. The van der Waals surface area contributed by atoms with Crippen LogP contribution in [-0.2, 0) is 16.2 Å². The normalized spacial score (nSPS) is 15.1. The van der Waals surface area contributed by atoms with E-state index in [0.29, 0.717) is 22.7 Å². The molecule has 2 aliphatic rings. The molecule has 0 saturated heterocycles. The zero-order valence-electron chi connectivity index (χ0n) is 67.1. The molecule has 0 bridgehead atoms. The number of fused-ring (bicyclic) bond motifs is 14. The number of rotatable bonds is 6. The number of benzene rings is 12. The summed E-state index contributed by atoms with van der Waals surface area (Å²) in [4.78, 5) is 5.85. The number of anilines is 3. The topological polar surface area (TPSA) is 41.2 Å². The second kappa shape index (κ2) is 21.2. The molecule has 0 aliphatic carbocycles. The number of para-hydroxylation sites is 2. The molecule has 2 aliphatic heterocycles.